The van der Waals surface area contributed by atoms with Gasteiger partial charge in [0.05, 0.1) is 5.92 Å². The van der Waals surface area contributed by atoms with Gasteiger partial charge in [-0.2, -0.15) is 13.2 Å². The Hall–Kier alpha value is -1.70. The highest BCUT2D eigenvalue weighted by atomic mass is 19.4. The van der Waals surface area contributed by atoms with Crippen LogP contribution in [0.15, 0.2) is 0 Å². The molecule has 0 saturated heterocycles. The number of hydrogen-bond donors (Lipinski definition) is 1. The Balaban J connectivity index is 2.77. The van der Waals surface area contributed by atoms with Crippen LogP contribution in [0.5, 0.6) is 0 Å². The first-order valence-electron chi connectivity index (χ1n) is 6.30. The molecule has 5 nitrogen and oxygen atoms in total. The first-order valence-corrected chi connectivity index (χ1v) is 6.30. The zero-order chi connectivity index (χ0) is 16.2. The van der Waals surface area contributed by atoms with Crippen LogP contribution >= 0.6 is 0 Å². The van der Waals surface area contributed by atoms with Gasteiger partial charge in [0.15, 0.2) is 5.82 Å². The van der Waals surface area contributed by atoms with Crippen LogP contribution in [0.4, 0.5) is 13.2 Å². The Bertz CT molecular complexity index is 495. The second-order valence-corrected chi connectivity index (χ2v) is 4.84. The number of carboxylic acids is 1. The van der Waals surface area contributed by atoms with E-state index in [9.17, 15) is 18.0 Å². The maximum Gasteiger partial charge on any atom is 0.411 e. The molecule has 0 spiro atoms. The van der Waals surface area contributed by atoms with Crippen LogP contribution < -0.4 is 0 Å². The summed E-state index contributed by atoms with van der Waals surface area (Å²) in [7, 11) is 0. The van der Waals surface area contributed by atoms with Crippen molar-refractivity contribution in [3.05, 3.63) is 22.8 Å². The van der Waals surface area contributed by atoms with Crippen LogP contribution in [-0.4, -0.2) is 33.8 Å². The highest BCUT2D eigenvalue weighted by Crippen LogP contribution is 2.18. The monoisotopic (exact) mass is 306 g/mol. The molecule has 1 aromatic heterocycles. The molecule has 0 bridgehead atoms. The summed E-state index contributed by atoms with van der Waals surface area (Å²) in [6.45, 7) is 3.22. The number of carbonyl (C=O) groups is 1. The van der Waals surface area contributed by atoms with E-state index in [1.165, 1.54) is 0 Å². The lowest BCUT2D eigenvalue weighted by molar-refractivity contribution is -0.177. The van der Waals surface area contributed by atoms with Crippen molar-refractivity contribution >= 4 is 5.97 Å². The maximum absolute atomic E-state index is 12.0. The van der Waals surface area contributed by atoms with Crippen LogP contribution in [-0.2, 0) is 22.6 Å². The normalized spacial score (nSPS) is 13.2. The van der Waals surface area contributed by atoms with E-state index in [0.29, 0.717) is 17.0 Å². The standard InChI is InChI=1S/C13H17F3N2O3/c1-7(12(19)20)4-10-8(2)17-11(18-9(10)3)5-21-6-13(14,15)16/h7H,4-6H2,1-3H3,(H,19,20). The van der Waals surface area contributed by atoms with E-state index < -0.39 is 24.7 Å². The quantitative estimate of drug-likeness (QED) is 0.874. The molecule has 1 N–H and O–H groups in total. The predicted molar refractivity (Wildman–Crippen MR) is 67.7 cm³/mol. The molecule has 1 atom stereocenters. The molecule has 0 saturated carbocycles. The molecule has 1 rings (SSSR count). The highest BCUT2D eigenvalue weighted by molar-refractivity contribution is 5.70. The fourth-order valence-corrected chi connectivity index (χ4v) is 1.82. The Morgan fingerprint density at radius 2 is 1.81 bits per heavy atom. The van der Waals surface area contributed by atoms with Gasteiger partial charge in [0.1, 0.15) is 13.2 Å². The Kier molecular flexibility index (Phi) is 5.65. The number of aromatic nitrogens is 2. The van der Waals surface area contributed by atoms with E-state index in [0.717, 1.165) is 0 Å². The summed E-state index contributed by atoms with van der Waals surface area (Å²) < 4.78 is 40.4. The van der Waals surface area contributed by atoms with Crippen molar-refractivity contribution in [2.24, 2.45) is 5.92 Å². The van der Waals surface area contributed by atoms with Crippen molar-refractivity contribution in [1.82, 2.24) is 9.97 Å². The third-order valence-corrected chi connectivity index (χ3v) is 2.90. The van der Waals surface area contributed by atoms with E-state index in [1.54, 1.807) is 20.8 Å². The number of halogens is 3. The summed E-state index contributed by atoms with van der Waals surface area (Å²) in [5.41, 5.74) is 1.81. The van der Waals surface area contributed by atoms with Crippen molar-refractivity contribution in [3.63, 3.8) is 0 Å². The van der Waals surface area contributed by atoms with Gasteiger partial charge in [-0.15, -0.1) is 0 Å². The van der Waals surface area contributed by atoms with E-state index in [4.69, 9.17) is 5.11 Å². The van der Waals surface area contributed by atoms with Gasteiger partial charge >= 0.3 is 12.1 Å². The molecule has 0 amide bonds. The van der Waals surface area contributed by atoms with Crippen LogP contribution in [0.2, 0.25) is 0 Å². The number of rotatable bonds is 6. The van der Waals surface area contributed by atoms with E-state index >= 15 is 0 Å². The van der Waals surface area contributed by atoms with Gasteiger partial charge < -0.3 is 9.84 Å². The van der Waals surface area contributed by atoms with Crippen molar-refractivity contribution in [3.8, 4) is 0 Å². The lowest BCUT2D eigenvalue weighted by atomic mass is 9.99. The summed E-state index contributed by atoms with van der Waals surface area (Å²) in [6, 6.07) is 0. The summed E-state index contributed by atoms with van der Waals surface area (Å²) in [5.74, 6) is -1.36. The number of aliphatic carboxylic acids is 1. The predicted octanol–water partition coefficient (Wildman–Crippen LogP) is 2.44. The molecule has 0 aliphatic rings. The zero-order valence-electron chi connectivity index (χ0n) is 12.0. The molecule has 0 aliphatic heterocycles. The Morgan fingerprint density at radius 3 is 2.24 bits per heavy atom. The average molecular weight is 306 g/mol. The summed E-state index contributed by atoms with van der Waals surface area (Å²) >= 11 is 0. The van der Waals surface area contributed by atoms with Crippen molar-refractivity contribution in [2.45, 2.75) is 40.0 Å². The van der Waals surface area contributed by atoms with Crippen LogP contribution in [0.1, 0.15) is 29.7 Å². The minimum absolute atomic E-state index is 0.154. The molecular formula is C13H17F3N2O3. The third-order valence-electron chi connectivity index (χ3n) is 2.90. The molecule has 0 aromatic carbocycles. The molecular weight excluding hydrogens is 289 g/mol. The molecule has 1 heterocycles. The number of ether oxygens (including phenoxy) is 1. The molecule has 0 radical (unpaired) electrons. The lowest BCUT2D eigenvalue weighted by Gasteiger charge is -2.13. The second-order valence-electron chi connectivity index (χ2n) is 4.84. The third kappa shape index (κ3) is 5.66. The molecule has 1 unspecified atom stereocenters. The van der Waals surface area contributed by atoms with E-state index in [-0.39, 0.29) is 18.9 Å². The number of carboxylic acid groups (broad SMARTS) is 1. The van der Waals surface area contributed by atoms with Crippen molar-refractivity contribution in [1.29, 1.82) is 0 Å². The zero-order valence-corrected chi connectivity index (χ0v) is 12.0. The number of nitrogens with zero attached hydrogens (tertiary/aromatic N) is 2. The first-order chi connectivity index (χ1) is 9.60. The summed E-state index contributed by atoms with van der Waals surface area (Å²) in [4.78, 5) is 19.0. The molecule has 118 valence electrons. The maximum atomic E-state index is 12.0. The van der Waals surface area contributed by atoms with Crippen molar-refractivity contribution in [2.75, 3.05) is 6.61 Å². The van der Waals surface area contributed by atoms with Crippen LogP contribution in [0.3, 0.4) is 0 Å². The lowest BCUT2D eigenvalue weighted by Crippen LogP contribution is -2.18. The highest BCUT2D eigenvalue weighted by Gasteiger charge is 2.27. The van der Waals surface area contributed by atoms with Crippen LogP contribution in [0.25, 0.3) is 0 Å². The molecule has 0 aliphatic carbocycles. The minimum atomic E-state index is -4.39. The molecule has 1 aromatic rings. The van der Waals surface area contributed by atoms with Crippen molar-refractivity contribution < 1.29 is 27.8 Å². The topological polar surface area (TPSA) is 72.3 Å². The van der Waals surface area contributed by atoms with E-state index in [2.05, 4.69) is 14.7 Å². The van der Waals surface area contributed by atoms with Gasteiger partial charge in [-0.05, 0) is 25.8 Å². The van der Waals surface area contributed by atoms with Gasteiger partial charge in [0, 0.05) is 11.4 Å². The Morgan fingerprint density at radius 1 is 1.29 bits per heavy atom. The van der Waals surface area contributed by atoms with Gasteiger partial charge in [-0.1, -0.05) is 6.92 Å². The minimum Gasteiger partial charge on any atom is -0.481 e. The average Bonchev–Trinajstić information content (AvgIpc) is 2.31. The molecule has 0 fully saturated rings. The summed E-state index contributed by atoms with van der Waals surface area (Å²) in [6.07, 6.45) is -4.11. The summed E-state index contributed by atoms with van der Waals surface area (Å²) in [5, 5.41) is 8.90. The molecule has 8 heteroatoms. The van der Waals surface area contributed by atoms with Gasteiger partial charge in [0.25, 0.3) is 0 Å². The first kappa shape index (κ1) is 17.4. The Labute approximate surface area is 120 Å². The van der Waals surface area contributed by atoms with Crippen LogP contribution in [0, 0.1) is 19.8 Å². The van der Waals surface area contributed by atoms with Gasteiger partial charge in [-0.3, -0.25) is 4.79 Å². The molecule has 21 heavy (non-hydrogen) atoms. The SMILES string of the molecule is Cc1nc(COCC(F)(F)F)nc(C)c1CC(C)C(=O)O. The largest absolute Gasteiger partial charge is 0.481 e. The second kappa shape index (κ2) is 6.84. The van der Waals surface area contributed by atoms with E-state index in [1.807, 2.05) is 0 Å². The number of aryl methyl sites for hydroxylation is 2. The van der Waals surface area contributed by atoms with Gasteiger partial charge in [-0.25, -0.2) is 9.97 Å². The fraction of sp³-hybridized carbons (Fsp3) is 0.615. The fourth-order valence-electron chi connectivity index (χ4n) is 1.82. The smallest absolute Gasteiger partial charge is 0.411 e. The number of hydrogen-bond acceptors (Lipinski definition) is 4. The number of alkyl halides is 3. The van der Waals surface area contributed by atoms with Gasteiger partial charge in [0.2, 0.25) is 0 Å².